The van der Waals surface area contributed by atoms with E-state index in [1.54, 1.807) is 0 Å². The minimum Gasteiger partial charge on any atom is -0.496 e. The van der Waals surface area contributed by atoms with Gasteiger partial charge in [-0.25, -0.2) is 0 Å². The van der Waals surface area contributed by atoms with Crippen LogP contribution in [-0.2, 0) is 0 Å². The summed E-state index contributed by atoms with van der Waals surface area (Å²) in [6.45, 7) is 0. The Kier molecular flexibility index (Phi) is 4.86. The lowest BCUT2D eigenvalue weighted by Gasteiger charge is -2.18. The second-order valence-electron chi connectivity index (χ2n) is 3.65. The molecule has 0 aliphatic heterocycles. The molecule has 102 valence electrons. The van der Waals surface area contributed by atoms with Crippen molar-refractivity contribution in [1.82, 2.24) is 0 Å². The lowest BCUT2D eigenvalue weighted by atomic mass is 10.0. The number of rotatable bonds is 4. The number of ether oxygens (including phenoxy) is 2. The van der Waals surface area contributed by atoms with Crippen molar-refractivity contribution in [3.63, 3.8) is 0 Å². The van der Waals surface area contributed by atoms with Gasteiger partial charge in [0.05, 0.1) is 25.1 Å². The largest absolute Gasteiger partial charge is 0.496 e. The summed E-state index contributed by atoms with van der Waals surface area (Å²) >= 11 is 3.22. The molecule has 7 heteroatoms. The molecule has 1 atom stereocenters. The minimum atomic E-state index is -4.33. The highest BCUT2D eigenvalue weighted by Gasteiger charge is 2.32. The van der Waals surface area contributed by atoms with E-state index in [0.29, 0.717) is 16.0 Å². The summed E-state index contributed by atoms with van der Waals surface area (Å²) in [4.78, 5) is 0. The van der Waals surface area contributed by atoms with E-state index in [1.165, 1.54) is 26.4 Å². The summed E-state index contributed by atoms with van der Waals surface area (Å²) in [5.41, 5.74) is 5.82. The average molecular weight is 328 g/mol. The number of nitrogens with two attached hydrogens (primary N) is 1. The SMILES string of the molecule is COc1cc(C(N)CC(F)(F)F)c(OC)cc1Br. The third-order valence-electron chi connectivity index (χ3n) is 2.35. The predicted octanol–water partition coefficient (Wildman–Crippen LogP) is 3.42. The van der Waals surface area contributed by atoms with Crippen molar-refractivity contribution in [1.29, 1.82) is 0 Å². The van der Waals surface area contributed by atoms with Crippen LogP contribution in [-0.4, -0.2) is 20.4 Å². The number of methoxy groups -OCH3 is 2. The van der Waals surface area contributed by atoms with Gasteiger partial charge in [-0.1, -0.05) is 0 Å². The summed E-state index contributed by atoms with van der Waals surface area (Å²) in [5, 5.41) is 0. The van der Waals surface area contributed by atoms with E-state index < -0.39 is 18.6 Å². The van der Waals surface area contributed by atoms with Crippen molar-refractivity contribution >= 4 is 15.9 Å². The fourth-order valence-electron chi connectivity index (χ4n) is 1.53. The maximum absolute atomic E-state index is 12.3. The Hall–Kier alpha value is -0.950. The lowest BCUT2D eigenvalue weighted by molar-refractivity contribution is -0.138. The van der Waals surface area contributed by atoms with Crippen LogP contribution in [0.5, 0.6) is 11.5 Å². The lowest BCUT2D eigenvalue weighted by Crippen LogP contribution is -2.20. The first-order chi connectivity index (χ1) is 8.28. The molecule has 0 spiro atoms. The van der Waals surface area contributed by atoms with Crippen LogP contribution in [0.2, 0.25) is 0 Å². The predicted molar refractivity (Wildman–Crippen MR) is 64.8 cm³/mol. The molecule has 1 unspecified atom stereocenters. The summed E-state index contributed by atoms with van der Waals surface area (Å²) in [5.74, 6) is 0.697. The summed E-state index contributed by atoms with van der Waals surface area (Å²) in [6.07, 6.45) is -5.45. The maximum Gasteiger partial charge on any atom is 0.390 e. The van der Waals surface area contributed by atoms with Gasteiger partial charge in [-0.05, 0) is 28.1 Å². The molecular weight excluding hydrogens is 315 g/mol. The van der Waals surface area contributed by atoms with E-state index in [9.17, 15) is 13.2 Å². The Balaban J connectivity index is 3.13. The molecule has 2 N–H and O–H groups in total. The molecule has 0 aliphatic carbocycles. The van der Waals surface area contributed by atoms with Gasteiger partial charge in [0.2, 0.25) is 0 Å². The first-order valence-electron chi connectivity index (χ1n) is 5.02. The van der Waals surface area contributed by atoms with Crippen LogP contribution in [0.3, 0.4) is 0 Å². The van der Waals surface area contributed by atoms with Crippen LogP contribution in [0.25, 0.3) is 0 Å². The zero-order valence-corrected chi connectivity index (χ0v) is 11.4. The van der Waals surface area contributed by atoms with Crippen LogP contribution in [0, 0.1) is 0 Å². The number of benzene rings is 1. The molecule has 18 heavy (non-hydrogen) atoms. The highest BCUT2D eigenvalue weighted by molar-refractivity contribution is 9.10. The van der Waals surface area contributed by atoms with Crippen molar-refractivity contribution in [2.45, 2.75) is 18.6 Å². The molecule has 1 rings (SSSR count). The molecule has 0 amide bonds. The molecular formula is C11H13BrF3NO2. The molecule has 0 aliphatic rings. The van der Waals surface area contributed by atoms with Gasteiger partial charge in [-0.15, -0.1) is 0 Å². The zero-order valence-electron chi connectivity index (χ0n) is 9.84. The van der Waals surface area contributed by atoms with Gasteiger partial charge in [0.15, 0.2) is 0 Å². The molecule has 0 saturated heterocycles. The quantitative estimate of drug-likeness (QED) is 0.921. The summed E-state index contributed by atoms with van der Waals surface area (Å²) in [7, 11) is 2.80. The first kappa shape index (κ1) is 15.1. The van der Waals surface area contributed by atoms with Gasteiger partial charge < -0.3 is 15.2 Å². The van der Waals surface area contributed by atoms with Gasteiger partial charge in [-0.3, -0.25) is 0 Å². The number of halogens is 4. The number of hydrogen-bond donors (Lipinski definition) is 1. The van der Waals surface area contributed by atoms with Crippen LogP contribution < -0.4 is 15.2 Å². The Morgan fingerprint density at radius 2 is 1.78 bits per heavy atom. The molecule has 1 aromatic carbocycles. The molecule has 0 saturated carbocycles. The van der Waals surface area contributed by atoms with Crippen molar-refractivity contribution in [2.24, 2.45) is 5.73 Å². The monoisotopic (exact) mass is 327 g/mol. The Morgan fingerprint density at radius 3 is 2.22 bits per heavy atom. The number of hydrogen-bond acceptors (Lipinski definition) is 3. The van der Waals surface area contributed by atoms with Crippen LogP contribution >= 0.6 is 15.9 Å². The molecule has 0 heterocycles. The fourth-order valence-corrected chi connectivity index (χ4v) is 2.02. The summed E-state index contributed by atoms with van der Waals surface area (Å²) < 4.78 is 47.6. The molecule has 0 radical (unpaired) electrons. The molecule has 0 bridgehead atoms. The Morgan fingerprint density at radius 1 is 1.22 bits per heavy atom. The highest BCUT2D eigenvalue weighted by atomic mass is 79.9. The van der Waals surface area contributed by atoms with Gasteiger partial charge in [0.25, 0.3) is 0 Å². The van der Waals surface area contributed by atoms with Gasteiger partial charge in [0, 0.05) is 11.6 Å². The van der Waals surface area contributed by atoms with Crippen molar-refractivity contribution in [3.8, 4) is 11.5 Å². The van der Waals surface area contributed by atoms with Gasteiger partial charge >= 0.3 is 6.18 Å². The second kappa shape index (κ2) is 5.79. The van der Waals surface area contributed by atoms with Crippen LogP contribution in [0.15, 0.2) is 16.6 Å². The van der Waals surface area contributed by atoms with Crippen LogP contribution in [0.4, 0.5) is 13.2 Å². The van der Waals surface area contributed by atoms with E-state index in [2.05, 4.69) is 15.9 Å². The molecule has 0 fully saturated rings. The van der Waals surface area contributed by atoms with Crippen molar-refractivity contribution in [2.75, 3.05) is 14.2 Å². The Bertz CT molecular complexity index is 423. The highest BCUT2D eigenvalue weighted by Crippen LogP contribution is 2.38. The average Bonchev–Trinajstić information content (AvgIpc) is 2.26. The van der Waals surface area contributed by atoms with Gasteiger partial charge in [-0.2, -0.15) is 13.2 Å². The maximum atomic E-state index is 12.3. The van der Waals surface area contributed by atoms with E-state index in [0.717, 1.165) is 0 Å². The van der Waals surface area contributed by atoms with Crippen LogP contribution in [0.1, 0.15) is 18.0 Å². The van der Waals surface area contributed by atoms with E-state index in [-0.39, 0.29) is 5.56 Å². The third kappa shape index (κ3) is 3.78. The van der Waals surface area contributed by atoms with E-state index >= 15 is 0 Å². The standard InChI is InChI=1S/C11H13BrF3NO2/c1-17-9-4-7(12)10(18-2)3-6(9)8(16)5-11(13,14)15/h3-4,8H,5,16H2,1-2H3. The molecule has 1 aromatic rings. The normalized spacial score (nSPS) is 13.3. The number of alkyl halides is 3. The van der Waals surface area contributed by atoms with Crippen molar-refractivity contribution in [3.05, 3.63) is 22.2 Å². The summed E-state index contributed by atoms with van der Waals surface area (Å²) in [6, 6.07) is 1.78. The van der Waals surface area contributed by atoms with Gasteiger partial charge in [0.1, 0.15) is 11.5 Å². The third-order valence-corrected chi connectivity index (χ3v) is 2.97. The molecule has 0 aromatic heterocycles. The second-order valence-corrected chi connectivity index (χ2v) is 4.51. The first-order valence-corrected chi connectivity index (χ1v) is 5.81. The minimum absolute atomic E-state index is 0.259. The van der Waals surface area contributed by atoms with E-state index in [1.807, 2.05) is 0 Å². The fraction of sp³-hybridized carbons (Fsp3) is 0.455. The van der Waals surface area contributed by atoms with Crippen molar-refractivity contribution < 1.29 is 22.6 Å². The smallest absolute Gasteiger partial charge is 0.390 e. The Labute approximate surface area is 111 Å². The van der Waals surface area contributed by atoms with E-state index in [4.69, 9.17) is 15.2 Å². The zero-order chi connectivity index (χ0) is 13.9. The molecule has 3 nitrogen and oxygen atoms in total. The topological polar surface area (TPSA) is 44.5 Å².